The standard InChI is InChI=1S/C16H19F3O/c1-10(2)9-16(7-3-4-8-16)15(20)11-5-6-12(17)14(19)13(11)18/h5-6,10H,3-4,7-9H2,1-2H3. The molecule has 4 heteroatoms. The van der Waals surface area contributed by atoms with Crippen LogP contribution in [-0.2, 0) is 0 Å². The van der Waals surface area contributed by atoms with Gasteiger partial charge in [-0.15, -0.1) is 0 Å². The molecule has 1 aromatic rings. The summed E-state index contributed by atoms with van der Waals surface area (Å²) in [5.41, 5.74) is -0.925. The summed E-state index contributed by atoms with van der Waals surface area (Å²) in [5, 5.41) is 0. The minimum atomic E-state index is -1.56. The van der Waals surface area contributed by atoms with Crippen molar-refractivity contribution in [2.75, 3.05) is 0 Å². The second kappa shape index (κ2) is 5.58. The maximum Gasteiger partial charge on any atom is 0.195 e. The van der Waals surface area contributed by atoms with Crippen LogP contribution in [-0.4, -0.2) is 5.78 Å². The third-order valence-corrected chi connectivity index (χ3v) is 4.12. The number of hydrogen-bond donors (Lipinski definition) is 0. The van der Waals surface area contributed by atoms with Crippen molar-refractivity contribution in [2.45, 2.75) is 46.0 Å². The number of ketones is 1. The summed E-state index contributed by atoms with van der Waals surface area (Å²) in [6, 6.07) is 1.89. The number of Topliss-reactive ketones (excluding diaryl/α,β-unsaturated/α-hetero) is 1. The Kier molecular flexibility index (Phi) is 4.21. The Morgan fingerprint density at radius 2 is 1.75 bits per heavy atom. The Labute approximate surface area is 117 Å². The van der Waals surface area contributed by atoms with Crippen molar-refractivity contribution in [3.05, 3.63) is 35.1 Å². The van der Waals surface area contributed by atoms with Crippen molar-refractivity contribution in [1.82, 2.24) is 0 Å². The molecule has 1 nitrogen and oxygen atoms in total. The molecule has 0 amide bonds. The van der Waals surface area contributed by atoms with Gasteiger partial charge in [-0.3, -0.25) is 4.79 Å². The zero-order chi connectivity index (χ0) is 14.9. The van der Waals surface area contributed by atoms with Crippen molar-refractivity contribution in [3.63, 3.8) is 0 Å². The van der Waals surface area contributed by atoms with Gasteiger partial charge in [-0.25, -0.2) is 13.2 Å². The van der Waals surface area contributed by atoms with Crippen molar-refractivity contribution >= 4 is 5.78 Å². The van der Waals surface area contributed by atoms with Gasteiger partial charge in [0.05, 0.1) is 5.56 Å². The van der Waals surface area contributed by atoms with Gasteiger partial charge in [0.2, 0.25) is 0 Å². The molecule has 0 radical (unpaired) electrons. The van der Waals surface area contributed by atoms with Gasteiger partial charge in [0, 0.05) is 5.41 Å². The van der Waals surface area contributed by atoms with Gasteiger partial charge < -0.3 is 0 Å². The lowest BCUT2D eigenvalue weighted by molar-refractivity contribution is 0.0754. The highest BCUT2D eigenvalue weighted by atomic mass is 19.2. The van der Waals surface area contributed by atoms with E-state index in [1.54, 1.807) is 0 Å². The highest BCUT2D eigenvalue weighted by Gasteiger charge is 2.42. The predicted molar refractivity (Wildman–Crippen MR) is 71.0 cm³/mol. The molecular formula is C16H19F3O. The van der Waals surface area contributed by atoms with Crippen molar-refractivity contribution in [1.29, 1.82) is 0 Å². The summed E-state index contributed by atoms with van der Waals surface area (Å²) in [5.74, 6) is -4.26. The second-order valence-electron chi connectivity index (χ2n) is 6.14. The fraction of sp³-hybridized carbons (Fsp3) is 0.562. The fourth-order valence-electron chi connectivity index (χ4n) is 3.34. The third-order valence-electron chi connectivity index (χ3n) is 4.12. The number of halogens is 3. The number of rotatable bonds is 4. The second-order valence-corrected chi connectivity index (χ2v) is 6.14. The van der Waals surface area contributed by atoms with E-state index >= 15 is 0 Å². The monoisotopic (exact) mass is 284 g/mol. The average molecular weight is 284 g/mol. The molecule has 1 aliphatic rings. The molecule has 1 aromatic carbocycles. The molecule has 1 aliphatic carbocycles. The summed E-state index contributed by atoms with van der Waals surface area (Å²) < 4.78 is 40.1. The maximum atomic E-state index is 13.8. The van der Waals surface area contributed by atoms with Crippen LogP contribution in [0.2, 0.25) is 0 Å². The van der Waals surface area contributed by atoms with Gasteiger partial charge >= 0.3 is 0 Å². The first kappa shape index (κ1) is 15.1. The first-order chi connectivity index (χ1) is 9.37. The van der Waals surface area contributed by atoms with Gasteiger partial charge in [0.25, 0.3) is 0 Å². The Morgan fingerprint density at radius 3 is 2.30 bits per heavy atom. The van der Waals surface area contributed by atoms with Crippen LogP contribution >= 0.6 is 0 Å². The smallest absolute Gasteiger partial charge is 0.195 e. The van der Waals surface area contributed by atoms with Crippen molar-refractivity contribution in [2.24, 2.45) is 11.3 Å². The van der Waals surface area contributed by atoms with Gasteiger partial charge in [-0.2, -0.15) is 0 Å². The Morgan fingerprint density at radius 1 is 1.15 bits per heavy atom. The van der Waals surface area contributed by atoms with Crippen LogP contribution < -0.4 is 0 Å². The van der Waals surface area contributed by atoms with E-state index in [1.165, 1.54) is 0 Å². The van der Waals surface area contributed by atoms with E-state index in [4.69, 9.17) is 0 Å². The van der Waals surface area contributed by atoms with Crippen molar-refractivity contribution in [3.8, 4) is 0 Å². The average Bonchev–Trinajstić information content (AvgIpc) is 2.84. The Hall–Kier alpha value is -1.32. The lowest BCUT2D eigenvalue weighted by Crippen LogP contribution is -2.31. The molecule has 1 fully saturated rings. The minimum absolute atomic E-state index is 0.297. The normalized spacial score (nSPS) is 17.7. The molecule has 110 valence electrons. The third kappa shape index (κ3) is 2.60. The largest absolute Gasteiger partial charge is 0.293 e. The molecule has 0 bridgehead atoms. The van der Waals surface area contributed by atoms with Crippen LogP contribution in [0.15, 0.2) is 12.1 Å². The van der Waals surface area contributed by atoms with E-state index in [0.717, 1.165) is 25.0 Å². The maximum absolute atomic E-state index is 13.8. The Balaban J connectivity index is 2.41. The number of carbonyl (C=O) groups excluding carboxylic acids is 1. The highest BCUT2D eigenvalue weighted by molar-refractivity contribution is 6.01. The van der Waals surface area contributed by atoms with Crippen LogP contribution in [0.4, 0.5) is 13.2 Å². The fourth-order valence-corrected chi connectivity index (χ4v) is 3.34. The van der Waals surface area contributed by atoms with Crippen LogP contribution in [0.5, 0.6) is 0 Å². The molecule has 1 saturated carbocycles. The molecule has 2 rings (SSSR count). The van der Waals surface area contributed by atoms with E-state index in [-0.39, 0.29) is 11.3 Å². The molecule has 0 aromatic heterocycles. The van der Waals surface area contributed by atoms with E-state index in [1.807, 2.05) is 13.8 Å². The van der Waals surface area contributed by atoms with Crippen LogP contribution in [0, 0.1) is 28.8 Å². The van der Waals surface area contributed by atoms with E-state index < -0.39 is 22.9 Å². The molecular weight excluding hydrogens is 265 g/mol. The lowest BCUT2D eigenvalue weighted by Gasteiger charge is -2.29. The molecule has 0 heterocycles. The summed E-state index contributed by atoms with van der Waals surface area (Å²) in [6.45, 7) is 4.02. The first-order valence-electron chi connectivity index (χ1n) is 7.06. The molecule has 0 unspecified atom stereocenters. The first-order valence-corrected chi connectivity index (χ1v) is 7.06. The summed E-state index contributed by atoms with van der Waals surface area (Å²) in [6.07, 6.45) is 3.89. The van der Waals surface area contributed by atoms with E-state index in [2.05, 4.69) is 0 Å². The summed E-state index contributed by atoms with van der Waals surface area (Å²) in [4.78, 5) is 12.7. The molecule has 20 heavy (non-hydrogen) atoms. The number of benzene rings is 1. The SMILES string of the molecule is CC(C)CC1(C(=O)c2ccc(F)c(F)c2F)CCCC1. The van der Waals surface area contributed by atoms with Gasteiger partial charge in [0.15, 0.2) is 23.2 Å². The predicted octanol–water partition coefficient (Wildman–Crippen LogP) is 4.89. The number of carbonyl (C=O) groups is 1. The molecule has 0 spiro atoms. The highest BCUT2D eigenvalue weighted by Crippen LogP contribution is 2.46. The number of hydrogen-bond acceptors (Lipinski definition) is 1. The quantitative estimate of drug-likeness (QED) is 0.568. The van der Waals surface area contributed by atoms with Crippen LogP contribution in [0.25, 0.3) is 0 Å². The molecule has 0 atom stereocenters. The molecule has 0 saturated heterocycles. The van der Waals surface area contributed by atoms with Crippen molar-refractivity contribution < 1.29 is 18.0 Å². The minimum Gasteiger partial charge on any atom is -0.293 e. The summed E-state index contributed by atoms with van der Waals surface area (Å²) in [7, 11) is 0. The van der Waals surface area contributed by atoms with Crippen LogP contribution in [0.1, 0.15) is 56.3 Å². The molecule has 0 N–H and O–H groups in total. The Bertz CT molecular complexity index is 517. The lowest BCUT2D eigenvalue weighted by atomic mass is 9.73. The van der Waals surface area contributed by atoms with Gasteiger partial charge in [-0.1, -0.05) is 26.7 Å². The zero-order valence-electron chi connectivity index (χ0n) is 11.8. The van der Waals surface area contributed by atoms with Gasteiger partial charge in [-0.05, 0) is 37.3 Å². The zero-order valence-corrected chi connectivity index (χ0v) is 11.8. The van der Waals surface area contributed by atoms with Crippen LogP contribution in [0.3, 0.4) is 0 Å². The topological polar surface area (TPSA) is 17.1 Å². The summed E-state index contributed by atoms with van der Waals surface area (Å²) >= 11 is 0. The van der Waals surface area contributed by atoms with E-state index in [9.17, 15) is 18.0 Å². The van der Waals surface area contributed by atoms with E-state index in [0.29, 0.717) is 25.2 Å². The van der Waals surface area contributed by atoms with Gasteiger partial charge in [0.1, 0.15) is 0 Å². The molecule has 0 aliphatic heterocycles.